The van der Waals surface area contributed by atoms with Crippen molar-refractivity contribution in [2.45, 2.75) is 11.8 Å². The van der Waals surface area contributed by atoms with E-state index in [0.717, 1.165) is 16.7 Å². The van der Waals surface area contributed by atoms with Gasteiger partial charge >= 0.3 is 10.1 Å². The first-order chi connectivity index (χ1) is 11.0. The van der Waals surface area contributed by atoms with Gasteiger partial charge in [-0.3, -0.25) is 0 Å². The molecule has 0 fully saturated rings. The molecule has 23 heavy (non-hydrogen) atoms. The van der Waals surface area contributed by atoms with E-state index in [9.17, 15) is 8.42 Å². The second-order valence-corrected chi connectivity index (χ2v) is 6.79. The molecule has 0 unspecified atom stereocenters. The van der Waals surface area contributed by atoms with Crippen LogP contribution in [0.3, 0.4) is 0 Å². The molecule has 0 aliphatic rings. The number of hydrogen-bond donors (Lipinski definition) is 0. The molecule has 0 N–H and O–H groups in total. The maximum Gasteiger partial charge on any atom is 0.339 e. The van der Waals surface area contributed by atoms with Gasteiger partial charge in [-0.05, 0) is 42.3 Å². The van der Waals surface area contributed by atoms with Gasteiger partial charge in [0.25, 0.3) is 0 Å². The van der Waals surface area contributed by atoms with Crippen molar-refractivity contribution in [2.75, 3.05) is 0 Å². The summed E-state index contributed by atoms with van der Waals surface area (Å²) in [6.07, 6.45) is 0. The molecular formula is C19H16O3S. The zero-order valence-corrected chi connectivity index (χ0v) is 13.5. The van der Waals surface area contributed by atoms with Crippen LogP contribution in [0.2, 0.25) is 0 Å². The molecular weight excluding hydrogens is 308 g/mol. The zero-order chi connectivity index (χ0) is 16.3. The van der Waals surface area contributed by atoms with Crippen molar-refractivity contribution in [3.8, 4) is 16.9 Å². The fraction of sp³-hybridized carbons (Fsp3) is 0.0526. The molecule has 0 atom stereocenters. The lowest BCUT2D eigenvalue weighted by Gasteiger charge is -2.09. The molecule has 0 aliphatic carbocycles. The quantitative estimate of drug-likeness (QED) is 0.667. The molecule has 0 bridgehead atoms. The van der Waals surface area contributed by atoms with Crippen molar-refractivity contribution in [3.05, 3.63) is 84.4 Å². The Morgan fingerprint density at radius 3 is 2.09 bits per heavy atom. The second-order valence-electron chi connectivity index (χ2n) is 5.24. The summed E-state index contributed by atoms with van der Waals surface area (Å²) in [7, 11) is -3.83. The summed E-state index contributed by atoms with van der Waals surface area (Å²) in [5.41, 5.74) is 2.91. The first-order valence-corrected chi connectivity index (χ1v) is 8.62. The largest absolute Gasteiger partial charge is 0.379 e. The maximum atomic E-state index is 12.3. The molecule has 4 heteroatoms. The van der Waals surface area contributed by atoms with Gasteiger partial charge in [-0.15, -0.1) is 0 Å². The summed E-state index contributed by atoms with van der Waals surface area (Å²) in [4.78, 5) is 0.146. The van der Waals surface area contributed by atoms with E-state index in [2.05, 4.69) is 0 Å². The lowest BCUT2D eigenvalue weighted by molar-refractivity contribution is 0.486. The number of benzene rings is 3. The summed E-state index contributed by atoms with van der Waals surface area (Å²) in [6.45, 7) is 1.90. The van der Waals surface area contributed by atoms with E-state index in [1.807, 2.05) is 43.3 Å². The average molecular weight is 324 g/mol. The molecule has 3 nitrogen and oxygen atoms in total. The molecule has 3 aromatic rings. The Hall–Kier alpha value is -2.59. The normalized spacial score (nSPS) is 11.2. The molecule has 0 saturated carbocycles. The third-order valence-electron chi connectivity index (χ3n) is 3.46. The van der Waals surface area contributed by atoms with E-state index >= 15 is 0 Å². The number of aryl methyl sites for hydroxylation is 1. The van der Waals surface area contributed by atoms with Crippen LogP contribution in [-0.4, -0.2) is 8.42 Å². The van der Waals surface area contributed by atoms with E-state index in [4.69, 9.17) is 4.18 Å². The van der Waals surface area contributed by atoms with Crippen molar-refractivity contribution in [1.82, 2.24) is 0 Å². The summed E-state index contributed by atoms with van der Waals surface area (Å²) >= 11 is 0. The number of hydrogen-bond acceptors (Lipinski definition) is 3. The lowest BCUT2D eigenvalue weighted by Crippen LogP contribution is -2.09. The van der Waals surface area contributed by atoms with Gasteiger partial charge in [-0.25, -0.2) is 0 Å². The van der Waals surface area contributed by atoms with E-state index in [1.165, 1.54) is 0 Å². The van der Waals surface area contributed by atoms with Crippen molar-refractivity contribution in [3.63, 3.8) is 0 Å². The average Bonchev–Trinajstić information content (AvgIpc) is 2.56. The topological polar surface area (TPSA) is 43.4 Å². The lowest BCUT2D eigenvalue weighted by atomic mass is 10.1. The van der Waals surface area contributed by atoms with Gasteiger partial charge in [-0.2, -0.15) is 8.42 Å². The van der Waals surface area contributed by atoms with Crippen LogP contribution < -0.4 is 4.18 Å². The smallest absolute Gasteiger partial charge is 0.339 e. The molecule has 0 aliphatic heterocycles. The standard InChI is InChI=1S/C19H16O3S/c1-15-10-12-19(13-11-15)23(20,21)22-18-9-5-8-17(14-18)16-6-3-2-4-7-16/h2-14H,1H3. The molecule has 0 amide bonds. The van der Waals surface area contributed by atoms with Gasteiger partial charge in [0.2, 0.25) is 0 Å². The molecule has 3 rings (SSSR count). The monoisotopic (exact) mass is 324 g/mol. The SMILES string of the molecule is Cc1ccc(S(=O)(=O)Oc2cccc(-c3ccccc3)c2)cc1. The van der Waals surface area contributed by atoms with Crippen LogP contribution in [0.1, 0.15) is 5.56 Å². The summed E-state index contributed by atoms with van der Waals surface area (Å²) in [5, 5.41) is 0. The minimum atomic E-state index is -3.83. The predicted octanol–water partition coefficient (Wildman–Crippen LogP) is 4.43. The minimum absolute atomic E-state index is 0.146. The summed E-state index contributed by atoms with van der Waals surface area (Å²) in [6, 6.07) is 23.4. The Labute approximate surface area is 136 Å². The second kappa shape index (κ2) is 6.26. The first-order valence-electron chi connectivity index (χ1n) is 7.21. The van der Waals surface area contributed by atoms with Crippen LogP contribution in [0.4, 0.5) is 0 Å². The fourth-order valence-corrected chi connectivity index (χ4v) is 3.16. The molecule has 116 valence electrons. The maximum absolute atomic E-state index is 12.3. The van der Waals surface area contributed by atoms with E-state index in [-0.39, 0.29) is 4.90 Å². The first kappa shape index (κ1) is 15.3. The summed E-state index contributed by atoms with van der Waals surface area (Å²) in [5.74, 6) is 0.298. The summed E-state index contributed by atoms with van der Waals surface area (Å²) < 4.78 is 29.9. The Kier molecular flexibility index (Phi) is 4.17. The molecule has 0 heterocycles. The van der Waals surface area contributed by atoms with Gasteiger partial charge < -0.3 is 4.18 Å². The van der Waals surface area contributed by atoms with E-state index in [1.54, 1.807) is 42.5 Å². The highest BCUT2D eigenvalue weighted by molar-refractivity contribution is 7.87. The number of rotatable bonds is 4. The Bertz CT molecular complexity index is 899. The third-order valence-corrected chi connectivity index (χ3v) is 4.72. The van der Waals surface area contributed by atoms with E-state index < -0.39 is 10.1 Å². The van der Waals surface area contributed by atoms with Crippen molar-refractivity contribution in [1.29, 1.82) is 0 Å². The highest BCUT2D eigenvalue weighted by Crippen LogP contribution is 2.26. The van der Waals surface area contributed by atoms with E-state index in [0.29, 0.717) is 5.75 Å². The van der Waals surface area contributed by atoms with Crippen LogP contribution in [0, 0.1) is 6.92 Å². The molecule has 0 radical (unpaired) electrons. The highest BCUT2D eigenvalue weighted by Gasteiger charge is 2.16. The van der Waals surface area contributed by atoms with Crippen molar-refractivity contribution >= 4 is 10.1 Å². The third kappa shape index (κ3) is 3.60. The van der Waals surface area contributed by atoms with Crippen molar-refractivity contribution < 1.29 is 12.6 Å². The zero-order valence-electron chi connectivity index (χ0n) is 12.6. The van der Waals surface area contributed by atoms with Gasteiger partial charge in [0, 0.05) is 0 Å². The van der Waals surface area contributed by atoms with Crippen LogP contribution >= 0.6 is 0 Å². The minimum Gasteiger partial charge on any atom is -0.379 e. The van der Waals surface area contributed by atoms with Gasteiger partial charge in [0.15, 0.2) is 0 Å². The molecule has 0 saturated heterocycles. The highest BCUT2D eigenvalue weighted by atomic mass is 32.2. The van der Waals surface area contributed by atoms with Crippen LogP contribution in [0.15, 0.2) is 83.8 Å². The molecule has 3 aromatic carbocycles. The molecule has 0 spiro atoms. The molecule has 0 aromatic heterocycles. The van der Waals surface area contributed by atoms with Crippen molar-refractivity contribution in [2.24, 2.45) is 0 Å². The predicted molar refractivity (Wildman–Crippen MR) is 90.9 cm³/mol. The van der Waals surface area contributed by atoms with Crippen LogP contribution in [-0.2, 0) is 10.1 Å². The van der Waals surface area contributed by atoms with Crippen LogP contribution in [0.5, 0.6) is 5.75 Å². The van der Waals surface area contributed by atoms with Gasteiger partial charge in [0.05, 0.1) is 0 Å². The Morgan fingerprint density at radius 2 is 1.39 bits per heavy atom. The Morgan fingerprint density at radius 1 is 0.739 bits per heavy atom. The Balaban J connectivity index is 1.90. The van der Waals surface area contributed by atoms with Crippen LogP contribution in [0.25, 0.3) is 11.1 Å². The van der Waals surface area contributed by atoms with Gasteiger partial charge in [0.1, 0.15) is 10.6 Å². The van der Waals surface area contributed by atoms with Gasteiger partial charge in [-0.1, -0.05) is 60.2 Å². The fourth-order valence-electron chi connectivity index (χ4n) is 2.24.